The molecule has 1 atom stereocenters. The first-order valence-electron chi connectivity index (χ1n) is 11.8. The predicted molar refractivity (Wildman–Crippen MR) is 135 cm³/mol. The minimum atomic E-state index is -1.13. The number of nitrogens with zero attached hydrogens (tertiary/aromatic N) is 4. The summed E-state index contributed by atoms with van der Waals surface area (Å²) >= 11 is 0. The van der Waals surface area contributed by atoms with Gasteiger partial charge in [0.25, 0.3) is 0 Å². The lowest BCUT2D eigenvalue weighted by atomic mass is 10.1. The van der Waals surface area contributed by atoms with Crippen molar-refractivity contribution in [2.75, 3.05) is 25.0 Å². The third-order valence-electron chi connectivity index (χ3n) is 5.34. The standard InChI is InChI=1S/C23H38N6O4Si/c1-23(2,3)33-22(31)28-10-7-8-17(15-28)25-21(30)27-19-14-24-20-18(26-19)9-11-29(20)16-32-12-13-34(4,5)6/h9,11,14,17H,7-8,10,12-13,15-16H2,1-6H3,(H2,25,26,27,30)/t17-/m0/s1. The van der Waals surface area contributed by atoms with Gasteiger partial charge in [-0.15, -0.1) is 0 Å². The Balaban J connectivity index is 1.51. The number of carbonyl (C=O) groups excluding carboxylic acids is 2. The highest BCUT2D eigenvalue weighted by molar-refractivity contribution is 6.76. The number of rotatable bonds is 7. The number of nitrogens with one attached hydrogen (secondary N) is 2. The van der Waals surface area contributed by atoms with Crippen LogP contribution in [0, 0.1) is 0 Å². The number of piperidine rings is 1. The second-order valence-corrected chi connectivity index (χ2v) is 16.6. The number of anilines is 1. The third kappa shape index (κ3) is 7.98. The number of hydrogen-bond acceptors (Lipinski definition) is 6. The van der Waals surface area contributed by atoms with Crippen molar-refractivity contribution in [3.63, 3.8) is 0 Å². The van der Waals surface area contributed by atoms with Crippen LogP contribution in [0.3, 0.4) is 0 Å². The Morgan fingerprint density at radius 2 is 2.03 bits per heavy atom. The van der Waals surface area contributed by atoms with Gasteiger partial charge in [0.1, 0.15) is 17.8 Å². The van der Waals surface area contributed by atoms with Crippen LogP contribution >= 0.6 is 0 Å². The Bertz CT molecular complexity index is 997. The van der Waals surface area contributed by atoms with E-state index in [9.17, 15) is 9.59 Å². The van der Waals surface area contributed by atoms with Gasteiger partial charge in [0.2, 0.25) is 0 Å². The van der Waals surface area contributed by atoms with Gasteiger partial charge in [0.15, 0.2) is 11.5 Å². The van der Waals surface area contributed by atoms with Gasteiger partial charge in [-0.1, -0.05) is 19.6 Å². The van der Waals surface area contributed by atoms with Crippen LogP contribution in [0.15, 0.2) is 18.5 Å². The van der Waals surface area contributed by atoms with Crippen LogP contribution in [0.5, 0.6) is 0 Å². The largest absolute Gasteiger partial charge is 0.444 e. The third-order valence-corrected chi connectivity index (χ3v) is 7.04. The Labute approximate surface area is 202 Å². The molecule has 0 unspecified atom stereocenters. The van der Waals surface area contributed by atoms with Crippen LogP contribution in [0.2, 0.25) is 25.7 Å². The van der Waals surface area contributed by atoms with Crippen LogP contribution in [0.1, 0.15) is 33.6 Å². The van der Waals surface area contributed by atoms with Gasteiger partial charge < -0.3 is 24.3 Å². The fourth-order valence-electron chi connectivity index (χ4n) is 3.59. The number of fused-ring (bicyclic) bond motifs is 1. The molecule has 0 aliphatic carbocycles. The van der Waals surface area contributed by atoms with E-state index >= 15 is 0 Å². The van der Waals surface area contributed by atoms with E-state index in [4.69, 9.17) is 9.47 Å². The highest BCUT2D eigenvalue weighted by Crippen LogP contribution is 2.17. The molecule has 0 aromatic carbocycles. The van der Waals surface area contributed by atoms with E-state index in [-0.39, 0.29) is 18.2 Å². The zero-order chi connectivity index (χ0) is 24.9. The maximum absolute atomic E-state index is 12.5. The van der Waals surface area contributed by atoms with Gasteiger partial charge in [-0.2, -0.15) is 0 Å². The smallest absolute Gasteiger partial charge is 0.410 e. The van der Waals surface area contributed by atoms with E-state index in [0.29, 0.717) is 36.8 Å². The summed E-state index contributed by atoms with van der Waals surface area (Å²) in [7, 11) is -1.13. The van der Waals surface area contributed by atoms with Crippen molar-refractivity contribution in [3.8, 4) is 0 Å². The van der Waals surface area contributed by atoms with E-state index in [1.165, 1.54) is 6.20 Å². The maximum Gasteiger partial charge on any atom is 0.410 e. The Hall–Kier alpha value is -2.66. The predicted octanol–water partition coefficient (Wildman–Crippen LogP) is 4.26. The molecule has 1 fully saturated rings. The van der Waals surface area contributed by atoms with Crippen LogP contribution in [0.25, 0.3) is 11.2 Å². The summed E-state index contributed by atoms with van der Waals surface area (Å²) in [5, 5.41) is 5.67. The topological polar surface area (TPSA) is 111 Å². The average Bonchev–Trinajstić information content (AvgIpc) is 3.11. The molecule has 11 heteroatoms. The minimum absolute atomic E-state index is 0.160. The number of urea groups is 1. The Kier molecular flexibility index (Phi) is 8.19. The molecule has 2 aromatic heterocycles. The summed E-state index contributed by atoms with van der Waals surface area (Å²) in [4.78, 5) is 35.5. The minimum Gasteiger partial charge on any atom is -0.444 e. The summed E-state index contributed by atoms with van der Waals surface area (Å²) in [6.07, 6.45) is 4.65. The van der Waals surface area contributed by atoms with E-state index < -0.39 is 13.7 Å². The molecule has 10 nitrogen and oxygen atoms in total. The van der Waals surface area contributed by atoms with E-state index in [0.717, 1.165) is 25.5 Å². The average molecular weight is 491 g/mol. The monoisotopic (exact) mass is 490 g/mol. The molecule has 3 rings (SSSR count). The van der Waals surface area contributed by atoms with Gasteiger partial charge in [-0.3, -0.25) is 5.32 Å². The maximum atomic E-state index is 12.5. The summed E-state index contributed by atoms with van der Waals surface area (Å²) in [5.74, 6) is 0.363. The molecule has 1 aliphatic heterocycles. The summed E-state index contributed by atoms with van der Waals surface area (Å²) in [5.41, 5.74) is 0.838. The molecule has 34 heavy (non-hydrogen) atoms. The lowest BCUT2D eigenvalue weighted by Crippen LogP contribution is -2.51. The van der Waals surface area contributed by atoms with Gasteiger partial charge >= 0.3 is 12.1 Å². The molecule has 0 spiro atoms. The first-order valence-corrected chi connectivity index (χ1v) is 15.6. The molecule has 3 amide bonds. The van der Waals surface area contributed by atoms with Crippen molar-refractivity contribution in [1.29, 1.82) is 0 Å². The van der Waals surface area contributed by atoms with Gasteiger partial charge in [-0.25, -0.2) is 19.6 Å². The van der Waals surface area contributed by atoms with Crippen molar-refractivity contribution in [1.82, 2.24) is 24.8 Å². The number of aromatic nitrogens is 3. The second-order valence-electron chi connectivity index (χ2n) is 11.0. The van der Waals surface area contributed by atoms with E-state index in [1.807, 2.05) is 37.6 Å². The number of carbonyl (C=O) groups is 2. The zero-order valence-corrected chi connectivity index (χ0v) is 22.2. The van der Waals surface area contributed by atoms with E-state index in [1.54, 1.807) is 4.90 Å². The fourth-order valence-corrected chi connectivity index (χ4v) is 4.35. The molecule has 1 aliphatic rings. The van der Waals surface area contributed by atoms with Crippen molar-refractivity contribution in [2.45, 2.75) is 77.7 Å². The van der Waals surface area contributed by atoms with Gasteiger partial charge in [-0.05, 0) is 45.7 Å². The number of hydrogen-bond donors (Lipinski definition) is 2. The molecule has 0 bridgehead atoms. The van der Waals surface area contributed by atoms with Crippen molar-refractivity contribution >= 4 is 37.2 Å². The lowest BCUT2D eigenvalue weighted by Gasteiger charge is -2.34. The van der Waals surface area contributed by atoms with Crippen molar-refractivity contribution < 1.29 is 19.1 Å². The van der Waals surface area contributed by atoms with Gasteiger partial charge in [0, 0.05) is 40.0 Å². The summed E-state index contributed by atoms with van der Waals surface area (Å²) in [6, 6.07) is 2.43. The molecule has 188 valence electrons. The van der Waals surface area contributed by atoms with Crippen LogP contribution < -0.4 is 10.6 Å². The van der Waals surface area contributed by atoms with Crippen LogP contribution in [-0.4, -0.2) is 71.0 Å². The SMILES string of the molecule is CC(C)(C)OC(=O)N1CCC[C@H](NC(=O)Nc2cnc3c(ccn3COCC[Si](C)(C)C)n2)C1. The highest BCUT2D eigenvalue weighted by atomic mass is 28.3. The van der Waals surface area contributed by atoms with Gasteiger partial charge in [0.05, 0.1) is 6.20 Å². The molecular weight excluding hydrogens is 452 g/mol. The number of likely N-dealkylation sites (tertiary alicyclic amines) is 1. The molecule has 2 N–H and O–H groups in total. The summed E-state index contributed by atoms with van der Waals surface area (Å²) in [6.45, 7) is 14.7. The highest BCUT2D eigenvalue weighted by Gasteiger charge is 2.28. The lowest BCUT2D eigenvalue weighted by molar-refractivity contribution is 0.0191. The molecule has 1 saturated heterocycles. The molecule has 0 saturated carbocycles. The molecule has 2 aromatic rings. The number of amides is 3. The first-order chi connectivity index (χ1) is 15.9. The normalized spacial score (nSPS) is 17.0. The van der Waals surface area contributed by atoms with Crippen LogP contribution in [-0.2, 0) is 16.2 Å². The van der Waals surface area contributed by atoms with Crippen molar-refractivity contribution in [2.24, 2.45) is 0 Å². The summed E-state index contributed by atoms with van der Waals surface area (Å²) < 4.78 is 13.2. The van der Waals surface area contributed by atoms with Crippen LogP contribution in [0.4, 0.5) is 15.4 Å². The first kappa shape index (κ1) is 26.0. The fraction of sp³-hybridized carbons (Fsp3) is 0.652. The second kappa shape index (κ2) is 10.7. The molecule has 0 radical (unpaired) electrons. The Morgan fingerprint density at radius 1 is 1.26 bits per heavy atom. The Morgan fingerprint density at radius 3 is 2.74 bits per heavy atom. The van der Waals surface area contributed by atoms with E-state index in [2.05, 4.69) is 40.2 Å². The molecular formula is C23H38N6O4Si. The molecule has 3 heterocycles. The quantitative estimate of drug-likeness (QED) is 0.443. The zero-order valence-electron chi connectivity index (χ0n) is 21.2. The number of ether oxygens (including phenoxy) is 2. The van der Waals surface area contributed by atoms with Crippen molar-refractivity contribution in [3.05, 3.63) is 18.5 Å².